The minimum Gasteiger partial charge on any atom is -0.468 e. The van der Waals surface area contributed by atoms with E-state index >= 15 is 0 Å². The number of esters is 1. The van der Waals surface area contributed by atoms with E-state index in [2.05, 4.69) is 14.3 Å². The van der Waals surface area contributed by atoms with Gasteiger partial charge in [-0.15, -0.1) is 0 Å². The molecule has 3 heterocycles. The normalized spacial score (nSPS) is 15.3. The van der Waals surface area contributed by atoms with Crippen LogP contribution in [0.5, 0.6) is 0 Å². The van der Waals surface area contributed by atoms with Gasteiger partial charge in [-0.3, -0.25) is 18.6 Å². The predicted molar refractivity (Wildman–Crippen MR) is 99.2 cm³/mol. The van der Waals surface area contributed by atoms with Crippen molar-refractivity contribution in [1.82, 2.24) is 23.1 Å². The lowest BCUT2D eigenvalue weighted by atomic mass is 10.2. The van der Waals surface area contributed by atoms with Crippen LogP contribution in [-0.2, 0) is 23.1 Å². The summed E-state index contributed by atoms with van der Waals surface area (Å²) >= 11 is 0. The first-order valence-corrected chi connectivity index (χ1v) is 9.13. The molecule has 9 nitrogen and oxygen atoms in total. The molecular weight excluding hydrogens is 350 g/mol. The van der Waals surface area contributed by atoms with Crippen molar-refractivity contribution in [3.63, 3.8) is 0 Å². The van der Waals surface area contributed by atoms with Crippen LogP contribution < -0.4 is 11.2 Å². The Kier molecular flexibility index (Phi) is 3.97. The molecule has 4 rings (SSSR count). The lowest BCUT2D eigenvalue weighted by molar-refractivity contribution is -0.141. The number of rotatable bonds is 3. The zero-order chi connectivity index (χ0) is 19.5. The molecule has 0 saturated heterocycles. The molecule has 0 aliphatic heterocycles. The van der Waals surface area contributed by atoms with Crippen LogP contribution in [0, 0.1) is 13.8 Å². The number of nitrogens with zero attached hydrogens (tertiary/aromatic N) is 5. The molecule has 0 radical (unpaired) electrons. The van der Waals surface area contributed by atoms with Crippen LogP contribution >= 0.6 is 0 Å². The summed E-state index contributed by atoms with van der Waals surface area (Å²) in [5.74, 6) is 0.0283. The van der Waals surface area contributed by atoms with Crippen LogP contribution in [-0.4, -0.2) is 36.2 Å². The third kappa shape index (κ3) is 2.37. The Labute approximate surface area is 154 Å². The number of hydrogen-bond acceptors (Lipinski definition) is 5. The molecule has 3 aromatic heterocycles. The lowest BCUT2D eigenvalue weighted by Gasteiger charge is -2.13. The summed E-state index contributed by atoms with van der Waals surface area (Å²) in [4.78, 5) is 42.0. The molecule has 3 aromatic rings. The second-order valence-electron chi connectivity index (χ2n) is 7.21. The third-order valence-electron chi connectivity index (χ3n) is 5.77. The third-order valence-corrected chi connectivity index (χ3v) is 5.77. The molecule has 0 bridgehead atoms. The number of imidazole rings is 2. The van der Waals surface area contributed by atoms with E-state index in [1.807, 2.05) is 18.2 Å². The van der Waals surface area contributed by atoms with E-state index in [9.17, 15) is 14.4 Å². The number of hydrogen-bond donors (Lipinski definition) is 0. The summed E-state index contributed by atoms with van der Waals surface area (Å²) in [6.07, 6.45) is 4.52. The lowest BCUT2D eigenvalue weighted by Crippen LogP contribution is -2.41. The first-order valence-electron chi connectivity index (χ1n) is 9.13. The molecule has 144 valence electrons. The Morgan fingerprint density at radius 2 is 1.85 bits per heavy atom. The molecule has 0 spiro atoms. The summed E-state index contributed by atoms with van der Waals surface area (Å²) in [6.45, 7) is 3.56. The minimum atomic E-state index is -0.647. The monoisotopic (exact) mass is 373 g/mol. The van der Waals surface area contributed by atoms with E-state index in [4.69, 9.17) is 0 Å². The van der Waals surface area contributed by atoms with Crippen LogP contribution in [0.1, 0.15) is 43.1 Å². The molecule has 9 heteroatoms. The fraction of sp³-hybridized carbons (Fsp3) is 0.556. The second-order valence-corrected chi connectivity index (χ2v) is 7.21. The van der Waals surface area contributed by atoms with E-state index in [0.717, 1.165) is 28.8 Å². The van der Waals surface area contributed by atoms with Gasteiger partial charge in [0.15, 0.2) is 11.2 Å². The fourth-order valence-electron chi connectivity index (χ4n) is 4.21. The quantitative estimate of drug-likeness (QED) is 0.640. The number of methoxy groups -OCH3 is 1. The molecule has 1 aliphatic rings. The Morgan fingerprint density at radius 1 is 1.19 bits per heavy atom. The van der Waals surface area contributed by atoms with Crippen molar-refractivity contribution in [2.45, 2.75) is 52.1 Å². The molecular formula is C18H23N5O4. The van der Waals surface area contributed by atoms with Gasteiger partial charge in [0.05, 0.1) is 7.11 Å². The Bertz CT molecular complexity index is 1190. The molecule has 27 heavy (non-hydrogen) atoms. The maximum atomic E-state index is 13.1. The van der Waals surface area contributed by atoms with Gasteiger partial charge in [-0.1, -0.05) is 12.8 Å². The standard InChI is InChI=1S/C18H23N5O4/c1-10-11(2)23-14-15(19-17(23)22(10)12-7-5-6-8-12)20(3)18(26)21(16(14)25)9-13(24)27-4/h12H,5-9H2,1-4H3. The van der Waals surface area contributed by atoms with Crippen molar-refractivity contribution in [3.05, 3.63) is 32.2 Å². The van der Waals surface area contributed by atoms with Gasteiger partial charge in [0.2, 0.25) is 5.78 Å². The number of ether oxygens (including phenoxy) is 1. The van der Waals surface area contributed by atoms with Crippen molar-refractivity contribution in [2.24, 2.45) is 7.05 Å². The zero-order valence-corrected chi connectivity index (χ0v) is 16.0. The number of fused-ring (bicyclic) bond motifs is 3. The van der Waals surface area contributed by atoms with E-state index in [-0.39, 0.29) is 0 Å². The van der Waals surface area contributed by atoms with Crippen molar-refractivity contribution in [1.29, 1.82) is 0 Å². The van der Waals surface area contributed by atoms with Crippen LogP contribution in [0.25, 0.3) is 16.9 Å². The molecule has 0 amide bonds. The van der Waals surface area contributed by atoms with Crippen molar-refractivity contribution < 1.29 is 9.53 Å². The number of carbonyl (C=O) groups is 1. The number of aromatic nitrogens is 5. The topological polar surface area (TPSA) is 92.5 Å². The highest BCUT2D eigenvalue weighted by Crippen LogP contribution is 2.34. The molecule has 1 aliphatic carbocycles. The summed E-state index contributed by atoms with van der Waals surface area (Å²) in [7, 11) is 2.79. The fourth-order valence-corrected chi connectivity index (χ4v) is 4.21. The summed E-state index contributed by atoms with van der Waals surface area (Å²) in [5.41, 5.74) is 1.52. The largest absolute Gasteiger partial charge is 0.468 e. The minimum absolute atomic E-state index is 0.313. The Hall–Kier alpha value is -2.84. The SMILES string of the molecule is COC(=O)Cn1c(=O)c2c(nc3n(C4CCCC4)c(C)c(C)n23)n(C)c1=O. The van der Waals surface area contributed by atoms with Crippen molar-refractivity contribution >= 4 is 22.9 Å². The van der Waals surface area contributed by atoms with Crippen LogP contribution in [0.4, 0.5) is 0 Å². The Balaban J connectivity index is 2.10. The molecule has 0 unspecified atom stereocenters. The van der Waals surface area contributed by atoms with Crippen molar-refractivity contribution in [3.8, 4) is 0 Å². The maximum absolute atomic E-state index is 13.1. The zero-order valence-electron chi connectivity index (χ0n) is 16.0. The molecule has 0 N–H and O–H groups in total. The molecule has 0 aromatic carbocycles. The van der Waals surface area contributed by atoms with Crippen LogP contribution in [0.3, 0.4) is 0 Å². The number of aryl methyl sites for hydroxylation is 2. The highest BCUT2D eigenvalue weighted by molar-refractivity contribution is 5.77. The second kappa shape index (κ2) is 6.11. The maximum Gasteiger partial charge on any atom is 0.333 e. The van der Waals surface area contributed by atoms with E-state index < -0.39 is 23.8 Å². The summed E-state index contributed by atoms with van der Waals surface area (Å²) in [5, 5.41) is 0. The molecule has 1 saturated carbocycles. The summed E-state index contributed by atoms with van der Waals surface area (Å²) < 4.78 is 10.9. The summed E-state index contributed by atoms with van der Waals surface area (Å²) in [6, 6.07) is 0.354. The first kappa shape index (κ1) is 17.6. The van der Waals surface area contributed by atoms with Crippen molar-refractivity contribution in [2.75, 3.05) is 7.11 Å². The first-order chi connectivity index (χ1) is 12.9. The van der Waals surface area contributed by atoms with E-state index in [1.165, 1.54) is 24.5 Å². The number of carbonyl (C=O) groups excluding carboxylic acids is 1. The van der Waals surface area contributed by atoms with E-state index in [1.54, 1.807) is 7.05 Å². The van der Waals surface area contributed by atoms with E-state index in [0.29, 0.717) is 23.0 Å². The average molecular weight is 373 g/mol. The van der Waals surface area contributed by atoms with Gasteiger partial charge >= 0.3 is 11.7 Å². The van der Waals surface area contributed by atoms with Gasteiger partial charge in [-0.25, -0.2) is 9.36 Å². The van der Waals surface area contributed by atoms with Gasteiger partial charge < -0.3 is 9.30 Å². The van der Waals surface area contributed by atoms with Gasteiger partial charge in [-0.2, -0.15) is 4.98 Å². The smallest absolute Gasteiger partial charge is 0.333 e. The Morgan fingerprint density at radius 3 is 2.48 bits per heavy atom. The van der Waals surface area contributed by atoms with Crippen LogP contribution in [0.2, 0.25) is 0 Å². The van der Waals surface area contributed by atoms with Gasteiger partial charge in [-0.05, 0) is 26.7 Å². The van der Waals surface area contributed by atoms with Gasteiger partial charge in [0.1, 0.15) is 6.54 Å². The molecule has 1 fully saturated rings. The highest BCUT2D eigenvalue weighted by atomic mass is 16.5. The highest BCUT2D eigenvalue weighted by Gasteiger charge is 2.27. The van der Waals surface area contributed by atoms with Gasteiger partial charge in [0, 0.05) is 24.5 Å². The molecule has 0 atom stereocenters. The van der Waals surface area contributed by atoms with Crippen LogP contribution in [0.15, 0.2) is 9.59 Å². The average Bonchev–Trinajstić information content (AvgIpc) is 3.35. The van der Waals surface area contributed by atoms with Gasteiger partial charge in [0.25, 0.3) is 5.56 Å². The predicted octanol–water partition coefficient (Wildman–Crippen LogP) is 1.05.